The lowest BCUT2D eigenvalue weighted by molar-refractivity contribution is -0.143. The van der Waals surface area contributed by atoms with E-state index in [-0.39, 0.29) is 19.0 Å². The van der Waals surface area contributed by atoms with Crippen molar-refractivity contribution in [1.82, 2.24) is 5.32 Å². The second-order valence-corrected chi connectivity index (χ2v) is 4.64. The Morgan fingerprint density at radius 1 is 1.18 bits per heavy atom. The first-order chi connectivity index (χ1) is 10.7. The van der Waals surface area contributed by atoms with Crippen LogP contribution < -0.4 is 5.32 Å². The lowest BCUT2D eigenvalue weighted by atomic mass is 10.1. The van der Waals surface area contributed by atoms with Crippen LogP contribution in [0.15, 0.2) is 54.6 Å². The molecular weight excluding hydrogens is 283 g/mol. The number of esters is 1. The largest absolute Gasteiger partial charge is 0.460 e. The van der Waals surface area contributed by atoms with E-state index in [4.69, 9.17) is 10.00 Å². The summed E-state index contributed by atoms with van der Waals surface area (Å²) >= 11 is 0. The molecule has 0 bridgehead atoms. The molecule has 5 heteroatoms. The van der Waals surface area contributed by atoms with E-state index in [2.05, 4.69) is 5.32 Å². The van der Waals surface area contributed by atoms with Crippen LogP contribution >= 0.6 is 0 Å². The quantitative estimate of drug-likeness (QED) is 0.833. The summed E-state index contributed by atoms with van der Waals surface area (Å²) in [5, 5.41) is 11.9. The Morgan fingerprint density at radius 2 is 1.86 bits per heavy atom. The van der Waals surface area contributed by atoms with Crippen molar-refractivity contribution in [3.8, 4) is 6.07 Å². The second kappa shape index (κ2) is 7.91. The highest BCUT2D eigenvalue weighted by Crippen LogP contribution is 2.12. The summed E-state index contributed by atoms with van der Waals surface area (Å²) in [6, 6.07) is 16.2. The van der Waals surface area contributed by atoms with Crippen LogP contribution in [-0.2, 0) is 16.1 Å². The van der Waals surface area contributed by atoms with Gasteiger partial charge < -0.3 is 4.74 Å². The topological polar surface area (TPSA) is 62.1 Å². The SMILES string of the molecule is N#CC(NCC(=O)OCc1ccccc1)c1ccc(F)cc1. The molecule has 0 saturated carbocycles. The molecule has 0 spiro atoms. The van der Waals surface area contributed by atoms with Gasteiger partial charge in [-0.05, 0) is 23.3 Å². The molecule has 1 unspecified atom stereocenters. The van der Waals surface area contributed by atoms with Crippen LogP contribution in [0.25, 0.3) is 0 Å². The first kappa shape index (κ1) is 15.7. The van der Waals surface area contributed by atoms with Crippen molar-refractivity contribution in [2.24, 2.45) is 0 Å². The van der Waals surface area contributed by atoms with E-state index in [0.717, 1.165) is 5.56 Å². The summed E-state index contributed by atoms with van der Waals surface area (Å²) in [5.41, 5.74) is 1.49. The van der Waals surface area contributed by atoms with Crippen LogP contribution in [0.3, 0.4) is 0 Å². The molecule has 0 aliphatic heterocycles. The highest BCUT2D eigenvalue weighted by Gasteiger charge is 2.12. The molecule has 4 nitrogen and oxygen atoms in total. The van der Waals surface area contributed by atoms with Crippen molar-refractivity contribution in [2.75, 3.05) is 6.54 Å². The number of carbonyl (C=O) groups excluding carboxylic acids is 1. The number of nitrogens with zero attached hydrogens (tertiary/aromatic N) is 1. The zero-order valence-corrected chi connectivity index (χ0v) is 11.8. The van der Waals surface area contributed by atoms with Crippen LogP contribution in [0.5, 0.6) is 0 Å². The van der Waals surface area contributed by atoms with E-state index in [1.165, 1.54) is 24.3 Å². The number of halogens is 1. The monoisotopic (exact) mass is 298 g/mol. The summed E-state index contributed by atoms with van der Waals surface area (Å²) in [7, 11) is 0. The lowest BCUT2D eigenvalue weighted by Gasteiger charge is -2.11. The summed E-state index contributed by atoms with van der Waals surface area (Å²) in [4.78, 5) is 11.7. The van der Waals surface area contributed by atoms with Crippen LogP contribution in [0.2, 0.25) is 0 Å². The fourth-order valence-electron chi connectivity index (χ4n) is 1.87. The van der Waals surface area contributed by atoms with E-state index in [9.17, 15) is 9.18 Å². The van der Waals surface area contributed by atoms with Gasteiger partial charge in [-0.15, -0.1) is 0 Å². The number of nitrogens with one attached hydrogen (secondary N) is 1. The first-order valence-corrected chi connectivity index (χ1v) is 6.77. The Bertz CT molecular complexity index is 651. The zero-order chi connectivity index (χ0) is 15.8. The summed E-state index contributed by atoms with van der Waals surface area (Å²) in [6.07, 6.45) is 0. The third kappa shape index (κ3) is 4.69. The minimum absolute atomic E-state index is 0.0948. The Kier molecular flexibility index (Phi) is 5.64. The third-order valence-corrected chi connectivity index (χ3v) is 3.03. The van der Waals surface area contributed by atoms with E-state index in [1.54, 1.807) is 0 Å². The lowest BCUT2D eigenvalue weighted by Crippen LogP contribution is -2.28. The average Bonchev–Trinajstić information content (AvgIpc) is 2.56. The van der Waals surface area contributed by atoms with Gasteiger partial charge in [0.2, 0.25) is 0 Å². The van der Waals surface area contributed by atoms with Crippen molar-refractivity contribution < 1.29 is 13.9 Å². The molecule has 0 heterocycles. The molecule has 0 amide bonds. The Hall–Kier alpha value is -2.71. The molecule has 1 atom stereocenters. The fraction of sp³-hybridized carbons (Fsp3) is 0.176. The molecule has 112 valence electrons. The van der Waals surface area contributed by atoms with Crippen molar-refractivity contribution >= 4 is 5.97 Å². The highest BCUT2D eigenvalue weighted by atomic mass is 19.1. The maximum absolute atomic E-state index is 12.9. The molecule has 0 saturated heterocycles. The van der Waals surface area contributed by atoms with E-state index < -0.39 is 12.0 Å². The fourth-order valence-corrected chi connectivity index (χ4v) is 1.87. The molecule has 1 N–H and O–H groups in total. The van der Waals surface area contributed by atoms with Crippen LogP contribution in [-0.4, -0.2) is 12.5 Å². The molecule has 22 heavy (non-hydrogen) atoms. The number of nitriles is 1. The molecule has 0 fully saturated rings. The van der Waals surface area contributed by atoms with E-state index >= 15 is 0 Å². The molecular formula is C17H15FN2O2. The van der Waals surface area contributed by atoms with Crippen molar-refractivity contribution in [3.63, 3.8) is 0 Å². The standard InChI is InChI=1S/C17H15FN2O2/c18-15-8-6-14(7-9-15)16(10-19)20-11-17(21)22-12-13-4-2-1-3-5-13/h1-9,16,20H,11-12H2. The molecule has 0 aromatic heterocycles. The number of carbonyl (C=O) groups is 1. The summed E-state index contributed by atoms with van der Waals surface area (Å²) in [6.45, 7) is 0.0948. The highest BCUT2D eigenvalue weighted by molar-refractivity contribution is 5.71. The number of ether oxygens (including phenoxy) is 1. The minimum atomic E-state index is -0.690. The van der Waals surface area contributed by atoms with Gasteiger partial charge in [0.25, 0.3) is 0 Å². The summed E-state index contributed by atoms with van der Waals surface area (Å²) < 4.78 is 18.0. The third-order valence-electron chi connectivity index (χ3n) is 3.03. The molecule has 0 radical (unpaired) electrons. The Balaban J connectivity index is 1.81. The van der Waals surface area contributed by atoms with Gasteiger partial charge >= 0.3 is 5.97 Å². The first-order valence-electron chi connectivity index (χ1n) is 6.77. The summed E-state index contributed by atoms with van der Waals surface area (Å²) in [5.74, 6) is -0.825. The second-order valence-electron chi connectivity index (χ2n) is 4.64. The molecule has 0 aliphatic rings. The van der Waals surface area contributed by atoms with Crippen LogP contribution in [0.1, 0.15) is 17.2 Å². The van der Waals surface area contributed by atoms with Crippen LogP contribution in [0.4, 0.5) is 4.39 Å². The van der Waals surface area contributed by atoms with Crippen molar-refractivity contribution in [2.45, 2.75) is 12.6 Å². The molecule has 0 aliphatic carbocycles. The van der Waals surface area contributed by atoms with E-state index in [1.807, 2.05) is 36.4 Å². The van der Waals surface area contributed by atoms with Crippen LogP contribution in [0, 0.1) is 17.1 Å². The normalized spacial score (nSPS) is 11.5. The predicted octanol–water partition coefficient (Wildman–Crippen LogP) is 2.72. The number of rotatable bonds is 6. The van der Waals surface area contributed by atoms with Crippen molar-refractivity contribution in [3.05, 3.63) is 71.5 Å². The minimum Gasteiger partial charge on any atom is -0.460 e. The smallest absolute Gasteiger partial charge is 0.320 e. The van der Waals surface area contributed by atoms with Crippen molar-refractivity contribution in [1.29, 1.82) is 5.26 Å². The average molecular weight is 298 g/mol. The Labute approximate surface area is 128 Å². The molecule has 2 rings (SSSR count). The van der Waals surface area contributed by atoms with Gasteiger partial charge in [0.1, 0.15) is 18.5 Å². The van der Waals surface area contributed by atoms with Gasteiger partial charge in [-0.2, -0.15) is 5.26 Å². The maximum Gasteiger partial charge on any atom is 0.320 e. The predicted molar refractivity (Wildman–Crippen MR) is 79.0 cm³/mol. The number of hydrogen-bond acceptors (Lipinski definition) is 4. The molecule has 2 aromatic carbocycles. The van der Waals surface area contributed by atoms with Gasteiger partial charge in [-0.3, -0.25) is 10.1 Å². The molecule has 2 aromatic rings. The van der Waals surface area contributed by atoms with Gasteiger partial charge in [-0.1, -0.05) is 42.5 Å². The maximum atomic E-state index is 12.9. The van der Waals surface area contributed by atoms with Gasteiger partial charge in [-0.25, -0.2) is 4.39 Å². The van der Waals surface area contributed by atoms with E-state index in [0.29, 0.717) is 5.56 Å². The van der Waals surface area contributed by atoms with Gasteiger partial charge in [0.15, 0.2) is 0 Å². The Morgan fingerprint density at radius 3 is 2.50 bits per heavy atom. The zero-order valence-electron chi connectivity index (χ0n) is 11.8. The van der Waals surface area contributed by atoms with Gasteiger partial charge in [0, 0.05) is 0 Å². The number of benzene rings is 2. The number of hydrogen-bond donors (Lipinski definition) is 1. The van der Waals surface area contributed by atoms with Gasteiger partial charge in [0.05, 0.1) is 12.6 Å².